The summed E-state index contributed by atoms with van der Waals surface area (Å²) >= 11 is 3.37. The number of ketones is 1. The second kappa shape index (κ2) is 6.02. The molecule has 0 saturated heterocycles. The number of likely N-dealkylation sites (N-methyl/N-ethyl adjacent to an activating group) is 1. The van der Waals surface area contributed by atoms with Gasteiger partial charge in [0.15, 0.2) is 5.78 Å². The molecule has 2 nitrogen and oxygen atoms in total. The number of benzene rings is 2. The second-order valence-electron chi connectivity index (χ2n) is 4.57. The molecule has 0 saturated carbocycles. The zero-order valence-corrected chi connectivity index (χ0v) is 12.6. The summed E-state index contributed by atoms with van der Waals surface area (Å²) in [6.07, 6.45) is 0. The number of anilines is 1. The van der Waals surface area contributed by atoms with Gasteiger partial charge in [0.2, 0.25) is 0 Å². The number of hydrogen-bond acceptors (Lipinski definition) is 2. The fraction of sp³-hybridized carbons (Fsp3) is 0.188. The summed E-state index contributed by atoms with van der Waals surface area (Å²) in [7, 11) is 1.94. The number of carbonyl (C=O) groups is 1. The maximum Gasteiger partial charge on any atom is 0.182 e. The minimum absolute atomic E-state index is 0.123. The monoisotopic (exact) mass is 317 g/mol. The first-order valence-electron chi connectivity index (χ1n) is 6.13. The lowest BCUT2D eigenvalue weighted by Crippen LogP contribution is -2.26. The third-order valence-corrected chi connectivity index (χ3v) is 3.60. The molecule has 0 aliphatic heterocycles. The van der Waals surface area contributed by atoms with Crippen LogP contribution in [0.3, 0.4) is 0 Å². The van der Waals surface area contributed by atoms with Gasteiger partial charge < -0.3 is 4.90 Å². The number of para-hydroxylation sites is 1. The topological polar surface area (TPSA) is 20.3 Å². The van der Waals surface area contributed by atoms with E-state index in [1.807, 2.05) is 54.4 Å². The molecule has 0 aliphatic carbocycles. The van der Waals surface area contributed by atoms with Crippen molar-refractivity contribution in [3.05, 3.63) is 64.1 Å². The fourth-order valence-electron chi connectivity index (χ4n) is 2.02. The Kier molecular flexibility index (Phi) is 4.38. The third-order valence-electron chi connectivity index (χ3n) is 3.07. The standard InChI is InChI=1S/C16H16BrNO/c1-12-5-3-4-6-15(12)18(2)11-16(19)13-7-9-14(17)10-8-13/h3-10H,11H2,1-2H3. The largest absolute Gasteiger partial charge is 0.367 e. The molecule has 0 N–H and O–H groups in total. The first kappa shape index (κ1) is 13.8. The lowest BCUT2D eigenvalue weighted by atomic mass is 10.1. The summed E-state index contributed by atoms with van der Waals surface area (Å²) < 4.78 is 0.983. The van der Waals surface area contributed by atoms with E-state index in [4.69, 9.17) is 0 Å². The fourth-order valence-corrected chi connectivity index (χ4v) is 2.28. The SMILES string of the molecule is Cc1ccccc1N(C)CC(=O)c1ccc(Br)cc1. The van der Waals surface area contributed by atoms with E-state index in [0.717, 1.165) is 15.7 Å². The molecule has 3 heteroatoms. The molecular weight excluding hydrogens is 302 g/mol. The van der Waals surface area contributed by atoms with Crippen LogP contribution in [0.25, 0.3) is 0 Å². The highest BCUT2D eigenvalue weighted by atomic mass is 79.9. The van der Waals surface area contributed by atoms with Crippen molar-refractivity contribution in [2.75, 3.05) is 18.5 Å². The van der Waals surface area contributed by atoms with Crippen molar-refractivity contribution in [3.8, 4) is 0 Å². The van der Waals surface area contributed by atoms with Crippen LogP contribution in [-0.2, 0) is 0 Å². The van der Waals surface area contributed by atoms with Crippen LogP contribution in [0.1, 0.15) is 15.9 Å². The molecule has 0 spiro atoms. The minimum Gasteiger partial charge on any atom is -0.367 e. The van der Waals surface area contributed by atoms with Crippen molar-refractivity contribution in [2.45, 2.75) is 6.92 Å². The first-order chi connectivity index (χ1) is 9.08. The zero-order valence-electron chi connectivity index (χ0n) is 11.1. The Balaban J connectivity index is 2.11. The van der Waals surface area contributed by atoms with E-state index in [1.165, 1.54) is 5.56 Å². The van der Waals surface area contributed by atoms with Crippen molar-refractivity contribution in [1.29, 1.82) is 0 Å². The molecule has 0 atom stereocenters. The Bertz CT molecular complexity index is 578. The van der Waals surface area contributed by atoms with Crippen LogP contribution in [-0.4, -0.2) is 19.4 Å². The predicted octanol–water partition coefficient (Wildman–Crippen LogP) is 4.08. The number of aryl methyl sites for hydroxylation is 1. The molecule has 0 aromatic heterocycles. The number of halogens is 1. The lowest BCUT2D eigenvalue weighted by molar-refractivity contribution is 0.100. The number of carbonyl (C=O) groups excluding carboxylic acids is 1. The Morgan fingerprint density at radius 1 is 1.11 bits per heavy atom. The third kappa shape index (κ3) is 3.44. The van der Waals surface area contributed by atoms with Crippen LogP contribution in [0.5, 0.6) is 0 Å². The van der Waals surface area contributed by atoms with Crippen LogP contribution in [0.15, 0.2) is 53.0 Å². The zero-order chi connectivity index (χ0) is 13.8. The second-order valence-corrected chi connectivity index (χ2v) is 5.49. The number of Topliss-reactive ketones (excluding diaryl/α,β-unsaturated/α-hetero) is 1. The summed E-state index contributed by atoms with van der Waals surface area (Å²) in [4.78, 5) is 14.2. The van der Waals surface area contributed by atoms with E-state index in [9.17, 15) is 4.79 Å². The highest BCUT2D eigenvalue weighted by molar-refractivity contribution is 9.10. The molecule has 2 aromatic carbocycles. The van der Waals surface area contributed by atoms with Gasteiger partial charge in [0.25, 0.3) is 0 Å². The summed E-state index contributed by atoms with van der Waals surface area (Å²) in [5.41, 5.74) is 3.00. The van der Waals surface area contributed by atoms with Gasteiger partial charge in [-0.1, -0.05) is 46.3 Å². The molecular formula is C16H16BrNO. The molecule has 2 aromatic rings. The molecule has 98 valence electrons. The van der Waals surface area contributed by atoms with Gasteiger partial charge >= 0.3 is 0 Å². The number of hydrogen-bond donors (Lipinski definition) is 0. The van der Waals surface area contributed by atoms with E-state index < -0.39 is 0 Å². The first-order valence-corrected chi connectivity index (χ1v) is 6.93. The van der Waals surface area contributed by atoms with Gasteiger partial charge in [-0.3, -0.25) is 4.79 Å². The van der Waals surface area contributed by atoms with Crippen molar-refractivity contribution in [1.82, 2.24) is 0 Å². The van der Waals surface area contributed by atoms with Gasteiger partial charge in [0.1, 0.15) is 0 Å². The molecule has 0 bridgehead atoms. The van der Waals surface area contributed by atoms with Crippen LogP contribution in [0, 0.1) is 6.92 Å². The molecule has 0 aliphatic rings. The van der Waals surface area contributed by atoms with E-state index in [-0.39, 0.29) is 5.78 Å². The molecule has 0 fully saturated rings. The number of rotatable bonds is 4. The highest BCUT2D eigenvalue weighted by Crippen LogP contribution is 2.18. The molecule has 0 amide bonds. The van der Waals surface area contributed by atoms with Crippen LogP contribution in [0.4, 0.5) is 5.69 Å². The summed E-state index contributed by atoms with van der Waals surface area (Å²) in [5.74, 6) is 0.123. The molecule has 19 heavy (non-hydrogen) atoms. The molecule has 2 rings (SSSR count). The molecule has 0 heterocycles. The molecule has 0 unspecified atom stereocenters. The van der Waals surface area contributed by atoms with Crippen molar-refractivity contribution >= 4 is 27.4 Å². The van der Waals surface area contributed by atoms with Crippen molar-refractivity contribution < 1.29 is 4.79 Å². The van der Waals surface area contributed by atoms with Gasteiger partial charge in [-0.05, 0) is 30.7 Å². The van der Waals surface area contributed by atoms with Gasteiger partial charge in [-0.15, -0.1) is 0 Å². The predicted molar refractivity (Wildman–Crippen MR) is 82.9 cm³/mol. The smallest absolute Gasteiger partial charge is 0.182 e. The van der Waals surface area contributed by atoms with Gasteiger partial charge in [-0.2, -0.15) is 0 Å². The number of nitrogens with zero attached hydrogens (tertiary/aromatic N) is 1. The van der Waals surface area contributed by atoms with E-state index >= 15 is 0 Å². The summed E-state index contributed by atoms with van der Waals surface area (Å²) in [5, 5.41) is 0. The maximum atomic E-state index is 12.2. The quantitative estimate of drug-likeness (QED) is 0.792. The van der Waals surface area contributed by atoms with Gasteiger partial charge in [0, 0.05) is 22.8 Å². The Hall–Kier alpha value is -1.61. The average Bonchev–Trinajstić information content (AvgIpc) is 2.39. The van der Waals surface area contributed by atoms with Gasteiger partial charge in [0.05, 0.1) is 6.54 Å². The lowest BCUT2D eigenvalue weighted by Gasteiger charge is -2.20. The average molecular weight is 318 g/mol. The summed E-state index contributed by atoms with van der Waals surface area (Å²) in [6, 6.07) is 15.5. The van der Waals surface area contributed by atoms with Crippen LogP contribution >= 0.6 is 15.9 Å². The van der Waals surface area contributed by atoms with E-state index in [0.29, 0.717) is 6.54 Å². The van der Waals surface area contributed by atoms with Gasteiger partial charge in [-0.25, -0.2) is 0 Å². The van der Waals surface area contributed by atoms with Crippen LogP contribution < -0.4 is 4.90 Å². The molecule has 0 radical (unpaired) electrons. The maximum absolute atomic E-state index is 12.2. The Morgan fingerprint density at radius 2 is 1.74 bits per heavy atom. The summed E-state index contributed by atoms with van der Waals surface area (Å²) in [6.45, 7) is 2.43. The Morgan fingerprint density at radius 3 is 2.37 bits per heavy atom. The van der Waals surface area contributed by atoms with E-state index in [1.54, 1.807) is 0 Å². The Labute approximate surface area is 122 Å². The normalized spacial score (nSPS) is 10.3. The van der Waals surface area contributed by atoms with Crippen LogP contribution in [0.2, 0.25) is 0 Å². The van der Waals surface area contributed by atoms with Crippen molar-refractivity contribution in [3.63, 3.8) is 0 Å². The van der Waals surface area contributed by atoms with Crippen molar-refractivity contribution in [2.24, 2.45) is 0 Å². The highest BCUT2D eigenvalue weighted by Gasteiger charge is 2.11. The van der Waals surface area contributed by atoms with E-state index in [2.05, 4.69) is 28.9 Å². The minimum atomic E-state index is 0.123.